The molecule has 0 rings (SSSR count). The van der Waals surface area contributed by atoms with Crippen molar-refractivity contribution in [1.29, 1.82) is 0 Å². The number of nitrogens with zero attached hydrogens (tertiary/aromatic N) is 1. The van der Waals surface area contributed by atoms with E-state index in [4.69, 9.17) is 0 Å². The molecular formula is C9H14BrNO3. The molecule has 1 unspecified atom stereocenters. The van der Waals surface area contributed by atoms with Gasteiger partial charge in [-0.2, -0.15) is 0 Å². The van der Waals surface area contributed by atoms with Crippen LogP contribution in [0.25, 0.3) is 0 Å². The number of carbonyl (C=O) groups excluding carboxylic acids is 2. The van der Waals surface area contributed by atoms with Crippen molar-refractivity contribution >= 4 is 27.5 Å². The monoisotopic (exact) mass is 263 g/mol. The van der Waals surface area contributed by atoms with Gasteiger partial charge in [0.1, 0.15) is 0 Å². The first kappa shape index (κ1) is 13.4. The lowest BCUT2D eigenvalue weighted by Gasteiger charge is -2.26. The van der Waals surface area contributed by atoms with E-state index in [9.17, 15) is 14.5 Å². The Morgan fingerprint density at radius 1 is 1.21 bits per heavy atom. The van der Waals surface area contributed by atoms with Gasteiger partial charge < -0.3 is 0 Å². The normalized spacial score (nSPS) is 15.8. The maximum Gasteiger partial charge on any atom is 0.216 e. The van der Waals surface area contributed by atoms with E-state index in [1.807, 2.05) is 0 Å². The maximum absolute atomic E-state index is 11.8. The summed E-state index contributed by atoms with van der Waals surface area (Å²) < 4.78 is 0. The number of nitroso groups, excluding NO2 is 1. The molecule has 0 spiro atoms. The zero-order valence-corrected chi connectivity index (χ0v) is 10.3. The number of hydrogen-bond donors (Lipinski definition) is 0. The molecule has 1 atom stereocenters. The Kier molecular flexibility index (Phi) is 4.12. The Hall–Kier alpha value is -0.580. The molecule has 0 heterocycles. The molecule has 0 bridgehead atoms. The fourth-order valence-electron chi connectivity index (χ4n) is 1.08. The molecule has 0 aliphatic rings. The molecule has 14 heavy (non-hydrogen) atoms. The molecule has 0 saturated carbocycles. The van der Waals surface area contributed by atoms with Crippen LogP contribution in [-0.2, 0) is 9.59 Å². The molecular weight excluding hydrogens is 250 g/mol. The van der Waals surface area contributed by atoms with Crippen LogP contribution in [0.15, 0.2) is 5.18 Å². The minimum Gasteiger partial charge on any atom is -0.296 e. The molecule has 0 saturated heterocycles. The summed E-state index contributed by atoms with van der Waals surface area (Å²) in [6.45, 7) is 6.22. The summed E-state index contributed by atoms with van der Waals surface area (Å²) in [6.07, 6.45) is 0. The van der Waals surface area contributed by atoms with Gasteiger partial charge in [0.2, 0.25) is 5.54 Å². The van der Waals surface area contributed by atoms with Crippen LogP contribution >= 0.6 is 15.9 Å². The van der Waals surface area contributed by atoms with Gasteiger partial charge in [-0.05, 0) is 12.1 Å². The van der Waals surface area contributed by atoms with Gasteiger partial charge in [-0.1, -0.05) is 36.7 Å². The molecule has 5 heteroatoms. The van der Waals surface area contributed by atoms with Gasteiger partial charge >= 0.3 is 0 Å². The lowest BCUT2D eigenvalue weighted by molar-refractivity contribution is -0.137. The maximum atomic E-state index is 11.8. The van der Waals surface area contributed by atoms with E-state index in [0.29, 0.717) is 0 Å². The molecule has 0 amide bonds. The van der Waals surface area contributed by atoms with Gasteiger partial charge in [0, 0.05) is 5.41 Å². The van der Waals surface area contributed by atoms with Crippen molar-refractivity contribution in [3.8, 4) is 0 Å². The van der Waals surface area contributed by atoms with E-state index in [1.54, 1.807) is 20.8 Å². The van der Waals surface area contributed by atoms with Gasteiger partial charge in [0.05, 0.1) is 5.33 Å². The second-order valence-electron chi connectivity index (χ2n) is 4.30. The van der Waals surface area contributed by atoms with Crippen LogP contribution < -0.4 is 0 Å². The number of ketones is 2. The Morgan fingerprint density at radius 3 is 1.86 bits per heavy atom. The molecule has 0 aromatic carbocycles. The fraction of sp³-hybridized carbons (Fsp3) is 0.778. The van der Waals surface area contributed by atoms with Crippen LogP contribution in [0.1, 0.15) is 27.7 Å². The van der Waals surface area contributed by atoms with E-state index in [2.05, 4.69) is 21.1 Å². The molecule has 4 nitrogen and oxygen atoms in total. The third kappa shape index (κ3) is 2.47. The predicted octanol–water partition coefficient (Wildman–Crippen LogP) is 2.09. The van der Waals surface area contributed by atoms with Gasteiger partial charge in [-0.3, -0.25) is 9.59 Å². The van der Waals surface area contributed by atoms with Crippen molar-refractivity contribution in [3.05, 3.63) is 4.91 Å². The Bertz CT molecular complexity index is 270. The highest BCUT2D eigenvalue weighted by Crippen LogP contribution is 2.27. The third-order valence-corrected chi connectivity index (χ3v) is 2.48. The first-order valence-corrected chi connectivity index (χ1v) is 5.31. The second kappa shape index (κ2) is 4.29. The zero-order valence-electron chi connectivity index (χ0n) is 8.76. The Labute approximate surface area is 91.5 Å². The standard InChI is InChI=1S/C9H14BrNO3/c1-8(2,3)7(13)9(4,11-14)6(12)5-10/h5H2,1-4H3. The summed E-state index contributed by atoms with van der Waals surface area (Å²) in [6, 6.07) is 0. The molecule has 80 valence electrons. The molecule has 0 aromatic heterocycles. The van der Waals surface area contributed by atoms with Crippen LogP contribution in [0.3, 0.4) is 0 Å². The van der Waals surface area contributed by atoms with Crippen LogP contribution in [0.2, 0.25) is 0 Å². The van der Waals surface area contributed by atoms with Crippen molar-refractivity contribution in [2.24, 2.45) is 10.6 Å². The van der Waals surface area contributed by atoms with Crippen molar-refractivity contribution in [3.63, 3.8) is 0 Å². The van der Waals surface area contributed by atoms with Gasteiger partial charge in [0.25, 0.3) is 0 Å². The van der Waals surface area contributed by atoms with Crippen molar-refractivity contribution in [2.75, 3.05) is 5.33 Å². The highest BCUT2D eigenvalue weighted by molar-refractivity contribution is 9.09. The summed E-state index contributed by atoms with van der Waals surface area (Å²) in [7, 11) is 0. The summed E-state index contributed by atoms with van der Waals surface area (Å²) >= 11 is 2.93. The number of rotatable bonds is 4. The average molecular weight is 264 g/mol. The third-order valence-electron chi connectivity index (χ3n) is 1.97. The average Bonchev–Trinajstić information content (AvgIpc) is 2.12. The smallest absolute Gasteiger partial charge is 0.216 e. The van der Waals surface area contributed by atoms with E-state index in [0.717, 1.165) is 0 Å². The topological polar surface area (TPSA) is 63.6 Å². The van der Waals surface area contributed by atoms with Crippen molar-refractivity contribution in [1.82, 2.24) is 0 Å². The van der Waals surface area contributed by atoms with E-state index < -0.39 is 22.5 Å². The van der Waals surface area contributed by atoms with Crippen molar-refractivity contribution in [2.45, 2.75) is 33.2 Å². The van der Waals surface area contributed by atoms with Gasteiger partial charge in [-0.15, -0.1) is 4.91 Å². The van der Waals surface area contributed by atoms with Crippen LogP contribution in [0, 0.1) is 10.3 Å². The summed E-state index contributed by atoms with van der Waals surface area (Å²) in [4.78, 5) is 33.8. The largest absolute Gasteiger partial charge is 0.296 e. The summed E-state index contributed by atoms with van der Waals surface area (Å²) in [5, 5.41) is 2.63. The molecule has 0 aromatic rings. The highest BCUT2D eigenvalue weighted by atomic mass is 79.9. The first-order chi connectivity index (χ1) is 6.20. The molecule has 0 fully saturated rings. The number of halogens is 1. The zero-order chi connectivity index (χ0) is 11.6. The van der Waals surface area contributed by atoms with Crippen LogP contribution in [0.4, 0.5) is 0 Å². The molecule has 0 aliphatic heterocycles. The Morgan fingerprint density at radius 2 is 1.64 bits per heavy atom. The molecule has 0 N–H and O–H groups in total. The second-order valence-corrected chi connectivity index (χ2v) is 4.86. The summed E-state index contributed by atoms with van der Waals surface area (Å²) in [5.74, 6) is -0.961. The summed E-state index contributed by atoms with van der Waals surface area (Å²) in [5.41, 5.74) is -2.51. The highest BCUT2D eigenvalue weighted by Gasteiger charge is 2.46. The minimum absolute atomic E-state index is 0.0446. The van der Waals surface area contributed by atoms with Crippen LogP contribution in [0.5, 0.6) is 0 Å². The van der Waals surface area contributed by atoms with E-state index >= 15 is 0 Å². The van der Waals surface area contributed by atoms with E-state index in [-0.39, 0.29) is 5.33 Å². The van der Waals surface area contributed by atoms with Crippen LogP contribution in [-0.4, -0.2) is 22.4 Å². The Balaban J connectivity index is 5.17. The lowest BCUT2D eigenvalue weighted by Crippen LogP contribution is -2.48. The van der Waals surface area contributed by atoms with Gasteiger partial charge in [-0.25, -0.2) is 0 Å². The predicted molar refractivity (Wildman–Crippen MR) is 57.5 cm³/mol. The first-order valence-electron chi connectivity index (χ1n) is 4.19. The van der Waals surface area contributed by atoms with Gasteiger partial charge in [0.15, 0.2) is 11.6 Å². The number of carbonyl (C=O) groups is 2. The number of hydrogen-bond acceptors (Lipinski definition) is 4. The molecule has 0 aliphatic carbocycles. The lowest BCUT2D eigenvalue weighted by atomic mass is 9.78. The number of alkyl halides is 1. The SMILES string of the molecule is CC(C)(C)C(=O)C(C)(N=O)C(=O)CBr. The fourth-order valence-corrected chi connectivity index (χ4v) is 1.63. The minimum atomic E-state index is -1.76. The van der Waals surface area contributed by atoms with Crippen molar-refractivity contribution < 1.29 is 9.59 Å². The number of Topliss-reactive ketones (excluding diaryl/α,β-unsaturated/α-hetero) is 2. The van der Waals surface area contributed by atoms with E-state index in [1.165, 1.54) is 6.92 Å². The quantitative estimate of drug-likeness (QED) is 0.443. The molecule has 0 radical (unpaired) electrons.